The molecule has 2 N–H and O–H groups in total. The zero-order chi connectivity index (χ0) is 17.7. The van der Waals surface area contributed by atoms with Gasteiger partial charge >= 0.3 is 0 Å². The SMILES string of the molecule is CC(C)C(NC(=O)c1ccccc1F)C(=O)Nc1ccc(Cl)cn1. The minimum atomic E-state index is -0.838. The molecular formula is C17H17ClFN3O2. The van der Waals surface area contributed by atoms with Crippen LogP contribution in [0.2, 0.25) is 5.02 Å². The molecule has 0 radical (unpaired) electrons. The van der Waals surface area contributed by atoms with Crippen molar-refractivity contribution in [2.75, 3.05) is 5.32 Å². The number of carbonyl (C=O) groups is 2. The van der Waals surface area contributed by atoms with Crippen molar-refractivity contribution in [3.63, 3.8) is 0 Å². The molecule has 0 aliphatic rings. The summed E-state index contributed by atoms with van der Waals surface area (Å²) < 4.78 is 13.7. The van der Waals surface area contributed by atoms with E-state index in [4.69, 9.17) is 11.6 Å². The lowest BCUT2D eigenvalue weighted by Crippen LogP contribution is -2.47. The molecule has 0 saturated carbocycles. The second kappa shape index (κ2) is 7.88. The lowest BCUT2D eigenvalue weighted by molar-refractivity contribution is -0.118. The molecular weight excluding hydrogens is 333 g/mol. The minimum Gasteiger partial charge on any atom is -0.340 e. The summed E-state index contributed by atoms with van der Waals surface area (Å²) in [5.74, 6) is -1.61. The Hall–Kier alpha value is -2.47. The van der Waals surface area contributed by atoms with E-state index < -0.39 is 23.7 Å². The highest BCUT2D eigenvalue weighted by atomic mass is 35.5. The fourth-order valence-corrected chi connectivity index (χ4v) is 2.16. The first kappa shape index (κ1) is 17.9. The first-order valence-electron chi connectivity index (χ1n) is 7.36. The summed E-state index contributed by atoms with van der Waals surface area (Å²) in [7, 11) is 0. The number of halogens is 2. The van der Waals surface area contributed by atoms with Gasteiger partial charge in [-0.25, -0.2) is 9.37 Å². The van der Waals surface area contributed by atoms with Crippen LogP contribution in [0.25, 0.3) is 0 Å². The van der Waals surface area contributed by atoms with Gasteiger partial charge in [0.15, 0.2) is 0 Å². The summed E-state index contributed by atoms with van der Waals surface area (Å²) in [6.45, 7) is 3.56. The van der Waals surface area contributed by atoms with Gasteiger partial charge < -0.3 is 10.6 Å². The minimum absolute atomic E-state index is 0.111. The lowest BCUT2D eigenvalue weighted by atomic mass is 10.0. The van der Waals surface area contributed by atoms with Crippen LogP contribution in [0.5, 0.6) is 0 Å². The molecule has 1 unspecified atom stereocenters. The van der Waals surface area contributed by atoms with E-state index in [1.54, 1.807) is 32.0 Å². The molecule has 2 amide bonds. The number of carbonyl (C=O) groups excluding carboxylic acids is 2. The molecule has 0 fully saturated rings. The Morgan fingerprint density at radius 3 is 2.46 bits per heavy atom. The number of hydrogen-bond acceptors (Lipinski definition) is 3. The monoisotopic (exact) mass is 349 g/mol. The molecule has 0 bridgehead atoms. The fraction of sp³-hybridized carbons (Fsp3) is 0.235. The van der Waals surface area contributed by atoms with Crippen LogP contribution >= 0.6 is 11.6 Å². The van der Waals surface area contributed by atoms with Crippen molar-refractivity contribution < 1.29 is 14.0 Å². The van der Waals surface area contributed by atoms with Crippen LogP contribution in [0.15, 0.2) is 42.6 Å². The van der Waals surface area contributed by atoms with Crippen molar-refractivity contribution in [2.24, 2.45) is 5.92 Å². The van der Waals surface area contributed by atoms with Crippen LogP contribution in [-0.4, -0.2) is 22.8 Å². The standard InChI is InChI=1S/C17H17ClFN3O2/c1-10(2)15(17(24)21-14-8-7-11(18)9-20-14)22-16(23)12-5-3-4-6-13(12)19/h3-10,15H,1-2H3,(H,22,23)(H,20,21,24). The van der Waals surface area contributed by atoms with E-state index in [2.05, 4.69) is 15.6 Å². The normalized spacial score (nSPS) is 11.9. The van der Waals surface area contributed by atoms with Crippen LogP contribution in [0.1, 0.15) is 24.2 Å². The summed E-state index contributed by atoms with van der Waals surface area (Å²) in [6.07, 6.45) is 1.40. The van der Waals surface area contributed by atoms with Crippen molar-refractivity contribution in [3.8, 4) is 0 Å². The van der Waals surface area contributed by atoms with Gasteiger partial charge in [0.2, 0.25) is 5.91 Å². The highest BCUT2D eigenvalue weighted by Gasteiger charge is 2.26. The molecule has 7 heteroatoms. The maximum atomic E-state index is 13.7. The predicted molar refractivity (Wildman–Crippen MR) is 90.4 cm³/mol. The van der Waals surface area contributed by atoms with E-state index in [9.17, 15) is 14.0 Å². The number of nitrogens with zero attached hydrogens (tertiary/aromatic N) is 1. The number of anilines is 1. The van der Waals surface area contributed by atoms with E-state index in [1.807, 2.05) is 0 Å². The molecule has 24 heavy (non-hydrogen) atoms. The maximum Gasteiger partial charge on any atom is 0.254 e. The third kappa shape index (κ3) is 4.52. The Morgan fingerprint density at radius 2 is 1.88 bits per heavy atom. The van der Waals surface area contributed by atoms with Crippen LogP contribution in [0.4, 0.5) is 10.2 Å². The van der Waals surface area contributed by atoms with Crippen LogP contribution in [0.3, 0.4) is 0 Å². The topological polar surface area (TPSA) is 71.1 Å². The quantitative estimate of drug-likeness (QED) is 0.870. The van der Waals surface area contributed by atoms with Gasteiger partial charge in [0.1, 0.15) is 17.7 Å². The lowest BCUT2D eigenvalue weighted by Gasteiger charge is -2.21. The average Bonchev–Trinajstić information content (AvgIpc) is 2.54. The van der Waals surface area contributed by atoms with Crippen molar-refractivity contribution in [1.82, 2.24) is 10.3 Å². The average molecular weight is 350 g/mol. The highest BCUT2D eigenvalue weighted by Crippen LogP contribution is 2.12. The van der Waals surface area contributed by atoms with Crippen LogP contribution in [-0.2, 0) is 4.79 Å². The molecule has 0 aliphatic carbocycles. The molecule has 5 nitrogen and oxygen atoms in total. The van der Waals surface area contributed by atoms with Gasteiger partial charge in [-0.05, 0) is 30.2 Å². The Labute approximate surface area is 144 Å². The maximum absolute atomic E-state index is 13.7. The Balaban J connectivity index is 2.11. The first-order chi connectivity index (χ1) is 11.4. The third-order valence-corrected chi connectivity index (χ3v) is 3.56. The van der Waals surface area contributed by atoms with E-state index in [0.717, 1.165) is 0 Å². The Morgan fingerprint density at radius 1 is 1.17 bits per heavy atom. The molecule has 1 heterocycles. The number of hydrogen-bond donors (Lipinski definition) is 2. The zero-order valence-corrected chi connectivity index (χ0v) is 14.0. The number of pyridine rings is 1. The molecule has 1 atom stereocenters. The van der Waals surface area contributed by atoms with Gasteiger partial charge in [0.25, 0.3) is 5.91 Å². The second-order valence-corrected chi connectivity index (χ2v) is 5.96. The largest absolute Gasteiger partial charge is 0.340 e. The Bertz CT molecular complexity index is 735. The first-order valence-corrected chi connectivity index (χ1v) is 7.74. The Kier molecular flexibility index (Phi) is 5.87. The smallest absolute Gasteiger partial charge is 0.254 e. The van der Waals surface area contributed by atoms with Crippen molar-refractivity contribution in [2.45, 2.75) is 19.9 Å². The number of nitrogens with one attached hydrogen (secondary N) is 2. The summed E-state index contributed by atoms with van der Waals surface area (Å²) in [6, 6.07) is 7.90. The van der Waals surface area contributed by atoms with Crippen molar-refractivity contribution in [1.29, 1.82) is 0 Å². The van der Waals surface area contributed by atoms with E-state index >= 15 is 0 Å². The highest BCUT2D eigenvalue weighted by molar-refractivity contribution is 6.30. The molecule has 0 aliphatic heterocycles. The van der Waals surface area contributed by atoms with Gasteiger partial charge in [0.05, 0.1) is 10.6 Å². The van der Waals surface area contributed by atoms with Gasteiger partial charge in [-0.2, -0.15) is 0 Å². The van der Waals surface area contributed by atoms with Crippen LogP contribution < -0.4 is 10.6 Å². The number of aromatic nitrogens is 1. The molecule has 2 aromatic rings. The van der Waals surface area contributed by atoms with Gasteiger partial charge in [-0.3, -0.25) is 9.59 Å². The molecule has 2 rings (SSSR count). The second-order valence-electron chi connectivity index (χ2n) is 5.53. The summed E-state index contributed by atoms with van der Waals surface area (Å²) in [4.78, 5) is 28.6. The molecule has 1 aromatic heterocycles. The van der Waals surface area contributed by atoms with Gasteiger partial charge in [-0.15, -0.1) is 0 Å². The third-order valence-electron chi connectivity index (χ3n) is 3.33. The predicted octanol–water partition coefficient (Wildman–Crippen LogP) is 3.27. The number of amides is 2. The van der Waals surface area contributed by atoms with Crippen molar-refractivity contribution >= 4 is 29.2 Å². The van der Waals surface area contributed by atoms with Gasteiger partial charge in [-0.1, -0.05) is 37.6 Å². The molecule has 126 valence electrons. The number of benzene rings is 1. The summed E-state index contributed by atoms with van der Waals surface area (Å²) >= 11 is 5.74. The molecule has 1 aromatic carbocycles. The molecule has 0 spiro atoms. The van der Waals surface area contributed by atoms with Crippen LogP contribution in [0, 0.1) is 11.7 Å². The van der Waals surface area contributed by atoms with E-state index in [1.165, 1.54) is 24.4 Å². The van der Waals surface area contributed by atoms with Crippen molar-refractivity contribution in [3.05, 3.63) is 59.0 Å². The zero-order valence-electron chi connectivity index (χ0n) is 13.2. The van der Waals surface area contributed by atoms with E-state index in [0.29, 0.717) is 10.8 Å². The van der Waals surface area contributed by atoms with E-state index in [-0.39, 0.29) is 11.5 Å². The fourth-order valence-electron chi connectivity index (χ4n) is 2.05. The summed E-state index contributed by atoms with van der Waals surface area (Å²) in [5.41, 5.74) is -0.111. The summed E-state index contributed by atoms with van der Waals surface area (Å²) in [5, 5.41) is 5.61. The number of rotatable bonds is 5. The van der Waals surface area contributed by atoms with Gasteiger partial charge in [0, 0.05) is 6.20 Å². The molecule has 0 saturated heterocycles.